The van der Waals surface area contributed by atoms with Crippen LogP contribution in [0.15, 0.2) is 0 Å². The average Bonchev–Trinajstić information content (AvgIpc) is 2.07. The Morgan fingerprint density at radius 3 is 2.83 bits per heavy atom. The van der Waals surface area contributed by atoms with Crippen LogP contribution in [-0.4, -0.2) is 12.0 Å². The molecule has 0 spiro atoms. The van der Waals surface area contributed by atoms with E-state index in [0.29, 0.717) is 5.92 Å². The number of carbonyl (C=O) groups is 1. The van der Waals surface area contributed by atoms with Gasteiger partial charge in [0.1, 0.15) is 12.0 Å². The number of alkyl halides is 1. The van der Waals surface area contributed by atoms with E-state index in [1.165, 1.54) is 0 Å². The second kappa shape index (κ2) is 2.09. The molecule has 2 heteroatoms. The molecular weight excluding hydrogens is 155 g/mol. The van der Waals surface area contributed by atoms with Gasteiger partial charge in [0.25, 0.3) is 0 Å². The molecule has 0 aromatic carbocycles. The first-order valence-electron chi connectivity index (χ1n) is 4.93. The number of hydrogen-bond donors (Lipinski definition) is 0. The van der Waals surface area contributed by atoms with Gasteiger partial charge in [-0.3, -0.25) is 4.79 Å². The van der Waals surface area contributed by atoms with Gasteiger partial charge in [-0.05, 0) is 37.5 Å². The fraction of sp³-hybridized carbons (Fsp3) is 0.900. The second-order valence-corrected chi connectivity index (χ2v) is 4.72. The third-order valence-corrected chi connectivity index (χ3v) is 4.03. The Morgan fingerprint density at radius 1 is 1.17 bits per heavy atom. The van der Waals surface area contributed by atoms with Gasteiger partial charge in [0.15, 0.2) is 0 Å². The SMILES string of the molecule is O=C1[C@@H]2C[C@H]3C[C@@H](C2)[C@H](F)[C@@H]1C3. The Labute approximate surface area is 71.3 Å². The van der Waals surface area contributed by atoms with Crippen molar-refractivity contribution in [3.8, 4) is 0 Å². The molecule has 0 saturated heterocycles. The van der Waals surface area contributed by atoms with Crippen LogP contribution in [0.4, 0.5) is 4.39 Å². The fourth-order valence-electron chi connectivity index (χ4n) is 3.56. The van der Waals surface area contributed by atoms with Crippen LogP contribution in [0.1, 0.15) is 25.7 Å². The zero-order valence-corrected chi connectivity index (χ0v) is 7.00. The van der Waals surface area contributed by atoms with Crippen LogP contribution in [0.2, 0.25) is 0 Å². The maximum atomic E-state index is 13.5. The molecule has 1 nitrogen and oxygen atoms in total. The van der Waals surface area contributed by atoms with Gasteiger partial charge in [0.05, 0.1) is 0 Å². The van der Waals surface area contributed by atoms with Crippen molar-refractivity contribution in [2.24, 2.45) is 23.7 Å². The number of halogens is 1. The lowest BCUT2D eigenvalue weighted by Crippen LogP contribution is -2.52. The number of carbonyl (C=O) groups excluding carboxylic acids is 1. The summed E-state index contributed by atoms with van der Waals surface area (Å²) >= 11 is 0. The molecule has 0 aliphatic heterocycles. The molecule has 12 heavy (non-hydrogen) atoms. The third-order valence-electron chi connectivity index (χ3n) is 4.03. The summed E-state index contributed by atoms with van der Waals surface area (Å²) < 4.78 is 13.5. The quantitative estimate of drug-likeness (QED) is 0.540. The molecule has 0 unspecified atom stereocenters. The molecule has 0 aromatic rings. The van der Waals surface area contributed by atoms with Crippen LogP contribution in [0.5, 0.6) is 0 Å². The molecule has 4 aliphatic carbocycles. The molecule has 4 aliphatic rings. The smallest absolute Gasteiger partial charge is 0.141 e. The average molecular weight is 168 g/mol. The lowest BCUT2D eigenvalue weighted by atomic mass is 9.55. The Hall–Kier alpha value is -0.400. The number of ketones is 1. The van der Waals surface area contributed by atoms with Gasteiger partial charge < -0.3 is 0 Å². The van der Waals surface area contributed by atoms with Crippen LogP contribution < -0.4 is 0 Å². The molecule has 4 rings (SSSR count). The standard InChI is InChI=1S/C10H13FO/c11-9-6-1-5-2-7(4-6)10(12)8(9)3-5/h5-9H,1-4H2/t5-,6+,7-,8+,9+/m1/s1. The van der Waals surface area contributed by atoms with Crippen molar-refractivity contribution >= 4 is 5.78 Å². The van der Waals surface area contributed by atoms with E-state index in [2.05, 4.69) is 0 Å². The van der Waals surface area contributed by atoms with E-state index in [9.17, 15) is 9.18 Å². The van der Waals surface area contributed by atoms with E-state index in [4.69, 9.17) is 0 Å². The van der Waals surface area contributed by atoms with Gasteiger partial charge in [0, 0.05) is 11.8 Å². The summed E-state index contributed by atoms with van der Waals surface area (Å²) in [5.41, 5.74) is 0. The fourth-order valence-corrected chi connectivity index (χ4v) is 3.56. The lowest BCUT2D eigenvalue weighted by Gasteiger charge is -2.50. The van der Waals surface area contributed by atoms with Crippen molar-refractivity contribution in [2.45, 2.75) is 31.9 Å². The molecule has 0 heterocycles. The van der Waals surface area contributed by atoms with Crippen molar-refractivity contribution in [3.05, 3.63) is 0 Å². The van der Waals surface area contributed by atoms with E-state index in [1.807, 2.05) is 0 Å². The van der Waals surface area contributed by atoms with Gasteiger partial charge in [-0.15, -0.1) is 0 Å². The van der Waals surface area contributed by atoms with Crippen LogP contribution in [0.25, 0.3) is 0 Å². The molecule has 4 saturated carbocycles. The maximum absolute atomic E-state index is 13.5. The number of rotatable bonds is 0. The second-order valence-electron chi connectivity index (χ2n) is 4.72. The first-order valence-corrected chi connectivity index (χ1v) is 4.93. The highest BCUT2D eigenvalue weighted by Gasteiger charge is 2.53. The van der Waals surface area contributed by atoms with Crippen molar-refractivity contribution in [3.63, 3.8) is 0 Å². The minimum atomic E-state index is -0.787. The summed E-state index contributed by atoms with van der Waals surface area (Å²) in [4.78, 5) is 11.5. The minimum Gasteiger partial charge on any atom is -0.299 e. The Morgan fingerprint density at radius 2 is 2.00 bits per heavy atom. The van der Waals surface area contributed by atoms with Gasteiger partial charge in [-0.2, -0.15) is 0 Å². The van der Waals surface area contributed by atoms with Crippen LogP contribution >= 0.6 is 0 Å². The molecule has 5 atom stereocenters. The molecule has 0 amide bonds. The van der Waals surface area contributed by atoms with Crippen LogP contribution in [0, 0.1) is 23.7 Å². The largest absolute Gasteiger partial charge is 0.299 e. The first-order chi connectivity index (χ1) is 5.75. The van der Waals surface area contributed by atoms with Gasteiger partial charge in [-0.25, -0.2) is 4.39 Å². The maximum Gasteiger partial charge on any atom is 0.141 e. The molecule has 0 aromatic heterocycles. The number of hydrogen-bond acceptors (Lipinski definition) is 1. The van der Waals surface area contributed by atoms with Gasteiger partial charge >= 0.3 is 0 Å². The van der Waals surface area contributed by atoms with Gasteiger partial charge in [0.2, 0.25) is 0 Å². The van der Waals surface area contributed by atoms with E-state index in [0.717, 1.165) is 25.7 Å². The molecule has 66 valence electrons. The van der Waals surface area contributed by atoms with E-state index in [1.54, 1.807) is 0 Å². The zero-order valence-electron chi connectivity index (χ0n) is 7.00. The Balaban J connectivity index is 1.98. The third kappa shape index (κ3) is 0.711. The number of Topliss-reactive ketones (excluding diaryl/α,β-unsaturated/α-hetero) is 1. The molecule has 4 bridgehead atoms. The highest BCUT2D eigenvalue weighted by Crippen LogP contribution is 2.52. The highest BCUT2D eigenvalue weighted by molar-refractivity contribution is 5.86. The van der Waals surface area contributed by atoms with Gasteiger partial charge in [-0.1, -0.05) is 0 Å². The van der Waals surface area contributed by atoms with Crippen LogP contribution in [0.3, 0.4) is 0 Å². The minimum absolute atomic E-state index is 0.193. The van der Waals surface area contributed by atoms with E-state index >= 15 is 0 Å². The summed E-state index contributed by atoms with van der Waals surface area (Å²) in [5, 5.41) is 0. The van der Waals surface area contributed by atoms with Crippen molar-refractivity contribution in [2.75, 3.05) is 0 Å². The molecule has 4 fully saturated rings. The van der Waals surface area contributed by atoms with E-state index in [-0.39, 0.29) is 23.5 Å². The summed E-state index contributed by atoms with van der Waals surface area (Å²) in [6, 6.07) is 0. The van der Waals surface area contributed by atoms with E-state index < -0.39 is 6.17 Å². The topological polar surface area (TPSA) is 17.1 Å². The van der Waals surface area contributed by atoms with Crippen molar-refractivity contribution < 1.29 is 9.18 Å². The summed E-state index contributed by atoms with van der Waals surface area (Å²) in [7, 11) is 0. The predicted molar refractivity (Wildman–Crippen MR) is 42.3 cm³/mol. The summed E-state index contributed by atoms with van der Waals surface area (Å²) in [5.74, 6) is 1.23. The zero-order chi connectivity index (χ0) is 8.29. The Kier molecular flexibility index (Phi) is 1.23. The Bertz CT molecular complexity index is 238. The van der Waals surface area contributed by atoms with Crippen LogP contribution in [-0.2, 0) is 4.79 Å². The molecule has 0 radical (unpaired) electrons. The molecule has 0 N–H and O–H groups in total. The predicted octanol–water partition coefficient (Wildman–Crippen LogP) is 1.96. The molecular formula is C10H13FO. The highest BCUT2D eigenvalue weighted by atomic mass is 19.1. The monoisotopic (exact) mass is 168 g/mol. The van der Waals surface area contributed by atoms with Crippen molar-refractivity contribution in [1.29, 1.82) is 0 Å². The first kappa shape index (κ1) is 7.05. The lowest BCUT2D eigenvalue weighted by molar-refractivity contribution is -0.147. The normalized spacial score (nSPS) is 56.4. The summed E-state index contributed by atoms with van der Waals surface area (Å²) in [6.45, 7) is 0. The van der Waals surface area contributed by atoms with Crippen molar-refractivity contribution in [1.82, 2.24) is 0 Å². The summed E-state index contributed by atoms with van der Waals surface area (Å²) in [6.07, 6.45) is 3.05.